The summed E-state index contributed by atoms with van der Waals surface area (Å²) in [7, 11) is 1.76. The summed E-state index contributed by atoms with van der Waals surface area (Å²) in [5, 5.41) is 21.8. The van der Waals surface area contributed by atoms with Crippen LogP contribution in [-0.2, 0) is 7.05 Å². The Morgan fingerprint density at radius 2 is 1.92 bits per heavy atom. The summed E-state index contributed by atoms with van der Waals surface area (Å²) in [6, 6.07) is 9.76. The largest absolute Gasteiger partial charge is 0.491 e. The van der Waals surface area contributed by atoms with Crippen LogP contribution in [0.1, 0.15) is 34.8 Å². The Kier molecular flexibility index (Phi) is 7.74. The maximum absolute atomic E-state index is 12.8. The number of nitrogens with zero attached hydrogens (tertiary/aromatic N) is 5. The monoisotopic (exact) mass is 507 g/mol. The lowest BCUT2D eigenvalue weighted by Gasteiger charge is -2.14. The molecule has 13 nitrogen and oxygen atoms in total. The van der Waals surface area contributed by atoms with E-state index in [1.165, 1.54) is 6.20 Å². The van der Waals surface area contributed by atoms with Crippen LogP contribution < -0.4 is 20.1 Å². The first kappa shape index (κ1) is 25.3. The molecule has 3 heterocycles. The number of hydrogen-bond donors (Lipinski definition) is 3. The van der Waals surface area contributed by atoms with Crippen LogP contribution in [0.25, 0.3) is 11.6 Å². The number of aliphatic hydroxyl groups excluding tert-OH is 1. The van der Waals surface area contributed by atoms with E-state index >= 15 is 0 Å². The molecule has 0 spiro atoms. The zero-order valence-corrected chi connectivity index (χ0v) is 20.3. The molecular formula is C24H25N7O6. The lowest BCUT2D eigenvalue weighted by molar-refractivity contribution is 0.0930. The van der Waals surface area contributed by atoms with E-state index in [0.29, 0.717) is 34.3 Å². The van der Waals surface area contributed by atoms with E-state index in [1.54, 1.807) is 54.3 Å². The summed E-state index contributed by atoms with van der Waals surface area (Å²) in [5.41, 5.74) is 0.648. The van der Waals surface area contributed by atoms with E-state index in [0.717, 1.165) is 0 Å². The summed E-state index contributed by atoms with van der Waals surface area (Å²) in [6.45, 7) is 3.62. The highest BCUT2D eigenvalue weighted by molar-refractivity contribution is 6.04. The number of rotatable bonds is 10. The fourth-order valence-electron chi connectivity index (χ4n) is 3.14. The minimum absolute atomic E-state index is 0.0431. The number of aliphatic hydroxyl groups is 1. The average Bonchev–Trinajstić information content (AvgIpc) is 3.52. The van der Waals surface area contributed by atoms with Crippen LogP contribution in [0.3, 0.4) is 0 Å². The number of hydrogen-bond acceptors (Lipinski definition) is 10. The third-order valence-corrected chi connectivity index (χ3v) is 4.69. The Balaban J connectivity index is 1.50. The molecule has 0 fully saturated rings. The molecule has 4 rings (SSSR count). The molecule has 0 unspecified atom stereocenters. The van der Waals surface area contributed by atoms with E-state index in [9.17, 15) is 9.59 Å². The van der Waals surface area contributed by atoms with Crippen molar-refractivity contribution < 1.29 is 28.7 Å². The molecule has 1 aromatic carbocycles. The summed E-state index contributed by atoms with van der Waals surface area (Å²) in [5.74, 6) is 0.532. The van der Waals surface area contributed by atoms with Crippen LogP contribution in [0.15, 0.2) is 53.3 Å². The lowest BCUT2D eigenvalue weighted by Crippen LogP contribution is -2.27. The zero-order chi connectivity index (χ0) is 26.4. The molecule has 3 aromatic heterocycles. The molecule has 0 atom stereocenters. The van der Waals surface area contributed by atoms with Crippen molar-refractivity contribution in [3.05, 3.63) is 60.2 Å². The first-order valence-electron chi connectivity index (χ1n) is 11.3. The molecule has 0 bridgehead atoms. The summed E-state index contributed by atoms with van der Waals surface area (Å²) in [4.78, 5) is 33.0. The molecule has 0 saturated carbocycles. The highest BCUT2D eigenvalue weighted by Gasteiger charge is 2.17. The van der Waals surface area contributed by atoms with Gasteiger partial charge in [-0.15, -0.1) is 0 Å². The van der Waals surface area contributed by atoms with Crippen molar-refractivity contribution in [2.24, 2.45) is 7.05 Å². The number of aromatic nitrogens is 5. The van der Waals surface area contributed by atoms with Gasteiger partial charge in [0.05, 0.1) is 18.9 Å². The molecule has 0 aliphatic rings. The normalized spacial score (nSPS) is 10.8. The Hall–Kier alpha value is -4.78. The van der Waals surface area contributed by atoms with Crippen molar-refractivity contribution in [2.45, 2.75) is 20.0 Å². The quantitative estimate of drug-likeness (QED) is 0.290. The van der Waals surface area contributed by atoms with Gasteiger partial charge in [-0.2, -0.15) is 10.1 Å². The van der Waals surface area contributed by atoms with E-state index in [1.807, 2.05) is 13.8 Å². The van der Waals surface area contributed by atoms with Crippen LogP contribution in [-0.4, -0.2) is 61.1 Å². The van der Waals surface area contributed by atoms with Crippen LogP contribution >= 0.6 is 0 Å². The molecule has 37 heavy (non-hydrogen) atoms. The number of aryl methyl sites for hydroxylation is 1. The van der Waals surface area contributed by atoms with Gasteiger partial charge in [0.1, 0.15) is 22.9 Å². The zero-order valence-electron chi connectivity index (χ0n) is 20.3. The number of carbonyl (C=O) groups excluding carboxylic acids is 2. The fraction of sp³-hybridized carbons (Fsp3) is 0.250. The molecule has 0 saturated heterocycles. The second-order valence-electron chi connectivity index (χ2n) is 8.07. The van der Waals surface area contributed by atoms with Gasteiger partial charge >= 0.3 is 0 Å². The molecule has 0 aliphatic carbocycles. The molecule has 192 valence electrons. The average molecular weight is 508 g/mol. The molecule has 0 aliphatic heterocycles. The van der Waals surface area contributed by atoms with Crippen molar-refractivity contribution in [3.63, 3.8) is 0 Å². The van der Waals surface area contributed by atoms with E-state index < -0.39 is 5.91 Å². The third-order valence-electron chi connectivity index (χ3n) is 4.69. The van der Waals surface area contributed by atoms with Gasteiger partial charge in [0.2, 0.25) is 0 Å². The number of amides is 2. The Labute approximate surface area is 211 Å². The number of pyridine rings is 1. The van der Waals surface area contributed by atoms with E-state index in [2.05, 4.69) is 30.9 Å². The molecule has 0 radical (unpaired) electrons. The van der Waals surface area contributed by atoms with Crippen LogP contribution in [0.4, 0.5) is 5.82 Å². The topological polar surface area (TPSA) is 167 Å². The minimum atomic E-state index is -0.574. The first-order chi connectivity index (χ1) is 17.8. The highest BCUT2D eigenvalue weighted by atomic mass is 16.5. The van der Waals surface area contributed by atoms with Gasteiger partial charge in [-0.25, -0.2) is 4.98 Å². The standard InChI is InChI=1S/C24H25N7O6/c1-14(2)35-17-10-15(22(33)27-20-6-8-31(3)29-20)11-18(12-17)36-16-4-5-19(26-13-16)24-28-21(30-37-24)23(34)25-7-9-32/h4-6,8,10-14,32H,7,9H2,1-3H3,(H,25,34)(H,27,29,33). The number of anilines is 1. The van der Waals surface area contributed by atoms with E-state index in [-0.39, 0.29) is 36.9 Å². The number of ether oxygens (including phenoxy) is 2. The maximum Gasteiger partial charge on any atom is 0.292 e. The maximum atomic E-state index is 12.8. The van der Waals surface area contributed by atoms with Crippen LogP contribution in [0, 0.1) is 0 Å². The molecule has 2 amide bonds. The predicted molar refractivity (Wildman–Crippen MR) is 130 cm³/mol. The van der Waals surface area contributed by atoms with Crippen molar-refractivity contribution in [2.75, 3.05) is 18.5 Å². The minimum Gasteiger partial charge on any atom is -0.491 e. The molecule has 4 aromatic rings. The molecule has 3 N–H and O–H groups in total. The highest BCUT2D eigenvalue weighted by Crippen LogP contribution is 2.29. The summed E-state index contributed by atoms with van der Waals surface area (Å²) >= 11 is 0. The van der Waals surface area contributed by atoms with Gasteiger partial charge in [0.15, 0.2) is 5.82 Å². The van der Waals surface area contributed by atoms with Crippen LogP contribution in [0.2, 0.25) is 0 Å². The van der Waals surface area contributed by atoms with Crippen molar-refractivity contribution in [3.8, 4) is 28.8 Å². The van der Waals surface area contributed by atoms with Crippen molar-refractivity contribution in [1.82, 2.24) is 30.2 Å². The van der Waals surface area contributed by atoms with Crippen molar-refractivity contribution in [1.29, 1.82) is 0 Å². The van der Waals surface area contributed by atoms with Crippen LogP contribution in [0.5, 0.6) is 17.2 Å². The number of carbonyl (C=O) groups is 2. The summed E-state index contributed by atoms with van der Waals surface area (Å²) < 4.78 is 18.4. The number of nitrogens with one attached hydrogen (secondary N) is 2. The predicted octanol–water partition coefficient (Wildman–Crippen LogP) is 2.42. The fourth-order valence-corrected chi connectivity index (χ4v) is 3.14. The Morgan fingerprint density at radius 1 is 1.11 bits per heavy atom. The van der Waals surface area contributed by atoms with Crippen molar-refractivity contribution >= 4 is 17.6 Å². The van der Waals surface area contributed by atoms with Gasteiger partial charge in [0.25, 0.3) is 23.5 Å². The third kappa shape index (κ3) is 6.67. The van der Waals surface area contributed by atoms with Gasteiger partial charge in [-0.1, -0.05) is 5.16 Å². The van der Waals surface area contributed by atoms with E-state index in [4.69, 9.17) is 19.1 Å². The lowest BCUT2D eigenvalue weighted by atomic mass is 10.2. The van der Waals surface area contributed by atoms with Gasteiger partial charge < -0.3 is 29.7 Å². The molecule has 13 heteroatoms. The molecular weight excluding hydrogens is 482 g/mol. The number of benzene rings is 1. The second kappa shape index (κ2) is 11.3. The summed E-state index contributed by atoms with van der Waals surface area (Å²) in [6.07, 6.45) is 3.04. The second-order valence-corrected chi connectivity index (χ2v) is 8.07. The van der Waals surface area contributed by atoms with Gasteiger partial charge in [0, 0.05) is 37.5 Å². The Bertz CT molecular complexity index is 1380. The SMILES string of the molecule is CC(C)Oc1cc(Oc2ccc(-c3nc(C(=O)NCCO)no3)nc2)cc(C(=O)Nc2ccn(C)n2)c1. The van der Waals surface area contributed by atoms with Gasteiger partial charge in [-0.05, 0) is 38.1 Å². The Morgan fingerprint density at radius 3 is 2.59 bits per heavy atom. The van der Waals surface area contributed by atoms with Gasteiger partial charge in [-0.3, -0.25) is 14.3 Å². The first-order valence-corrected chi connectivity index (χ1v) is 11.3. The smallest absolute Gasteiger partial charge is 0.292 e.